The van der Waals surface area contributed by atoms with E-state index in [2.05, 4.69) is 15.0 Å². The molecule has 0 unspecified atom stereocenters. The summed E-state index contributed by atoms with van der Waals surface area (Å²) in [6.45, 7) is -2.60. The lowest BCUT2D eigenvalue weighted by molar-refractivity contribution is -0.0497. The van der Waals surface area contributed by atoms with Gasteiger partial charge in [-0.1, -0.05) is 17.7 Å². The van der Waals surface area contributed by atoms with Crippen molar-refractivity contribution in [1.82, 2.24) is 4.98 Å². The van der Waals surface area contributed by atoms with Crippen LogP contribution in [0.4, 0.5) is 14.5 Å². The number of halogens is 3. The predicted octanol–water partition coefficient (Wildman–Crippen LogP) is 3.44. The van der Waals surface area contributed by atoms with E-state index in [0.717, 1.165) is 5.56 Å². The van der Waals surface area contributed by atoms with Gasteiger partial charge in [0.25, 0.3) is 0 Å². The van der Waals surface area contributed by atoms with Crippen LogP contribution in [0.25, 0.3) is 0 Å². The van der Waals surface area contributed by atoms with Crippen molar-refractivity contribution < 1.29 is 18.6 Å². The summed E-state index contributed by atoms with van der Waals surface area (Å²) in [5.74, 6) is -0.0622. The van der Waals surface area contributed by atoms with Gasteiger partial charge in [0.2, 0.25) is 0 Å². The molecule has 0 amide bonds. The fourth-order valence-corrected chi connectivity index (χ4v) is 2.01. The number of aliphatic hydroxyl groups excluding tert-OH is 1. The fraction of sp³-hybridized carbons (Fsp3) is 0.214. The van der Waals surface area contributed by atoms with Crippen molar-refractivity contribution in [3.05, 3.63) is 52.8 Å². The lowest BCUT2D eigenvalue weighted by Gasteiger charge is -2.11. The van der Waals surface area contributed by atoms with Gasteiger partial charge in [-0.15, -0.1) is 0 Å². The highest BCUT2D eigenvalue weighted by molar-refractivity contribution is 6.32. The van der Waals surface area contributed by atoms with E-state index in [9.17, 15) is 13.9 Å². The van der Waals surface area contributed by atoms with E-state index in [-0.39, 0.29) is 17.4 Å². The van der Waals surface area contributed by atoms with Crippen LogP contribution in [-0.4, -0.2) is 16.7 Å². The van der Waals surface area contributed by atoms with Crippen molar-refractivity contribution in [2.24, 2.45) is 0 Å². The second-order valence-electron chi connectivity index (χ2n) is 4.19. The molecule has 0 radical (unpaired) electrons. The van der Waals surface area contributed by atoms with E-state index < -0.39 is 6.61 Å². The average Bonchev–Trinajstić information content (AvgIpc) is 2.47. The molecule has 2 aromatic rings. The fourth-order valence-electron chi connectivity index (χ4n) is 1.76. The van der Waals surface area contributed by atoms with Crippen LogP contribution in [0.3, 0.4) is 0 Å². The molecule has 0 saturated carbocycles. The number of aliphatic hydroxyl groups is 1. The van der Waals surface area contributed by atoms with Gasteiger partial charge >= 0.3 is 6.61 Å². The van der Waals surface area contributed by atoms with Gasteiger partial charge in [0, 0.05) is 18.3 Å². The summed E-state index contributed by atoms with van der Waals surface area (Å²) in [7, 11) is 0. The molecule has 7 heteroatoms. The van der Waals surface area contributed by atoms with Gasteiger partial charge in [-0.2, -0.15) is 8.78 Å². The summed E-state index contributed by atoms with van der Waals surface area (Å²) < 4.78 is 28.5. The van der Waals surface area contributed by atoms with Crippen molar-refractivity contribution in [2.45, 2.75) is 19.8 Å². The molecule has 1 heterocycles. The van der Waals surface area contributed by atoms with Gasteiger partial charge < -0.3 is 15.2 Å². The van der Waals surface area contributed by atoms with Gasteiger partial charge in [-0.05, 0) is 23.8 Å². The van der Waals surface area contributed by atoms with Gasteiger partial charge in [0.05, 0.1) is 23.5 Å². The summed E-state index contributed by atoms with van der Waals surface area (Å²) in [4.78, 5) is 3.97. The quantitative estimate of drug-likeness (QED) is 0.857. The highest BCUT2D eigenvalue weighted by Crippen LogP contribution is 2.27. The van der Waals surface area contributed by atoms with E-state index in [0.29, 0.717) is 17.8 Å². The van der Waals surface area contributed by atoms with Crippen LogP contribution in [-0.2, 0) is 13.2 Å². The maximum Gasteiger partial charge on any atom is 0.387 e. The normalized spacial score (nSPS) is 10.7. The molecule has 0 spiro atoms. The van der Waals surface area contributed by atoms with Crippen molar-refractivity contribution in [1.29, 1.82) is 0 Å². The lowest BCUT2D eigenvalue weighted by atomic mass is 10.2. The van der Waals surface area contributed by atoms with Crippen LogP contribution in [0, 0.1) is 0 Å². The molecule has 0 atom stereocenters. The number of rotatable bonds is 6. The second kappa shape index (κ2) is 7.19. The summed E-state index contributed by atoms with van der Waals surface area (Å²) >= 11 is 5.88. The number of nitrogens with one attached hydrogen (secondary N) is 1. The number of anilines is 1. The standard InChI is InChI=1S/C14H13ClF2N2O2/c15-11-5-9(1-2-13(11)21-14(16)17)6-19-12-7-18-4-3-10(12)8-20/h1-5,7,14,19-20H,6,8H2. The van der Waals surface area contributed by atoms with Crippen molar-refractivity contribution in [3.8, 4) is 5.75 Å². The first kappa shape index (κ1) is 15.5. The first-order chi connectivity index (χ1) is 10.1. The van der Waals surface area contributed by atoms with Gasteiger partial charge in [0.1, 0.15) is 5.75 Å². The van der Waals surface area contributed by atoms with Gasteiger partial charge in [0.15, 0.2) is 0 Å². The van der Waals surface area contributed by atoms with E-state index in [1.807, 2.05) is 0 Å². The topological polar surface area (TPSA) is 54.4 Å². The SMILES string of the molecule is OCc1ccncc1NCc1ccc(OC(F)F)c(Cl)c1. The number of benzene rings is 1. The molecule has 0 saturated heterocycles. The first-order valence-electron chi connectivity index (χ1n) is 6.11. The number of hydrogen-bond donors (Lipinski definition) is 2. The Kier molecular flexibility index (Phi) is 5.30. The minimum atomic E-state index is -2.91. The summed E-state index contributed by atoms with van der Waals surface area (Å²) in [5.41, 5.74) is 2.20. The summed E-state index contributed by atoms with van der Waals surface area (Å²) in [6, 6.07) is 6.27. The van der Waals surface area contributed by atoms with Crippen LogP contribution in [0.2, 0.25) is 5.02 Å². The number of nitrogens with zero attached hydrogens (tertiary/aromatic N) is 1. The maximum atomic E-state index is 12.1. The molecule has 0 fully saturated rings. The van der Waals surface area contributed by atoms with Crippen molar-refractivity contribution in [2.75, 3.05) is 5.32 Å². The smallest absolute Gasteiger partial charge is 0.387 e. The Morgan fingerprint density at radius 2 is 2.14 bits per heavy atom. The molecule has 112 valence electrons. The molecule has 1 aromatic heterocycles. The Hall–Kier alpha value is -1.92. The molecular weight excluding hydrogens is 302 g/mol. The average molecular weight is 315 g/mol. The molecule has 2 N–H and O–H groups in total. The van der Waals surface area contributed by atoms with Crippen LogP contribution < -0.4 is 10.1 Å². The first-order valence-corrected chi connectivity index (χ1v) is 6.49. The zero-order valence-electron chi connectivity index (χ0n) is 10.9. The number of pyridine rings is 1. The zero-order valence-corrected chi connectivity index (χ0v) is 11.6. The largest absolute Gasteiger partial charge is 0.433 e. The third-order valence-corrected chi connectivity index (χ3v) is 3.07. The Bertz CT molecular complexity index is 611. The lowest BCUT2D eigenvalue weighted by Crippen LogP contribution is -2.05. The second-order valence-corrected chi connectivity index (χ2v) is 4.59. The predicted molar refractivity (Wildman–Crippen MR) is 75.6 cm³/mol. The zero-order chi connectivity index (χ0) is 15.2. The molecule has 0 aliphatic carbocycles. The third-order valence-electron chi connectivity index (χ3n) is 2.78. The molecule has 0 aliphatic rings. The molecule has 2 rings (SSSR count). The third kappa shape index (κ3) is 4.27. The van der Waals surface area contributed by atoms with Gasteiger partial charge in [-0.3, -0.25) is 4.98 Å². The Morgan fingerprint density at radius 1 is 1.33 bits per heavy atom. The number of hydrogen-bond acceptors (Lipinski definition) is 4. The molecule has 0 aliphatic heterocycles. The number of ether oxygens (including phenoxy) is 1. The van der Waals surface area contributed by atoms with Gasteiger partial charge in [-0.25, -0.2) is 0 Å². The number of alkyl halides is 2. The monoisotopic (exact) mass is 314 g/mol. The highest BCUT2D eigenvalue weighted by Gasteiger charge is 2.09. The van der Waals surface area contributed by atoms with Crippen LogP contribution in [0.15, 0.2) is 36.7 Å². The Balaban J connectivity index is 2.05. The minimum absolute atomic E-state index is 0.0622. The molecule has 21 heavy (non-hydrogen) atoms. The number of aromatic nitrogens is 1. The van der Waals surface area contributed by atoms with Crippen molar-refractivity contribution in [3.63, 3.8) is 0 Å². The van der Waals surface area contributed by atoms with E-state index in [4.69, 9.17) is 11.6 Å². The Morgan fingerprint density at radius 3 is 2.81 bits per heavy atom. The Labute approximate surface area is 125 Å². The van der Waals surface area contributed by atoms with Crippen LogP contribution >= 0.6 is 11.6 Å². The molecule has 4 nitrogen and oxygen atoms in total. The van der Waals surface area contributed by atoms with Crippen LogP contribution in [0.1, 0.15) is 11.1 Å². The highest BCUT2D eigenvalue weighted by atomic mass is 35.5. The molecule has 1 aromatic carbocycles. The van der Waals surface area contributed by atoms with E-state index >= 15 is 0 Å². The minimum Gasteiger partial charge on any atom is -0.433 e. The van der Waals surface area contributed by atoms with Crippen molar-refractivity contribution >= 4 is 17.3 Å². The maximum absolute atomic E-state index is 12.1. The van der Waals surface area contributed by atoms with E-state index in [1.54, 1.807) is 30.6 Å². The van der Waals surface area contributed by atoms with E-state index in [1.165, 1.54) is 6.07 Å². The molecule has 0 bridgehead atoms. The summed E-state index contributed by atoms with van der Waals surface area (Å²) in [5, 5.41) is 12.4. The summed E-state index contributed by atoms with van der Waals surface area (Å²) in [6.07, 6.45) is 3.19. The molecular formula is C14H13ClF2N2O2. The van der Waals surface area contributed by atoms with Crippen LogP contribution in [0.5, 0.6) is 5.75 Å².